The monoisotopic (exact) mass is 356 g/mol. The third kappa shape index (κ3) is 7.01. The van der Waals surface area contributed by atoms with Gasteiger partial charge >= 0.3 is 0 Å². The van der Waals surface area contributed by atoms with Crippen molar-refractivity contribution in [3.05, 3.63) is 0 Å². The molecule has 0 bridgehead atoms. The third-order valence-corrected chi connectivity index (χ3v) is 13.3. The summed E-state index contributed by atoms with van der Waals surface area (Å²) in [6, 6.07) is 2.94. The van der Waals surface area contributed by atoms with Crippen LogP contribution in [0.1, 0.15) is 81.1 Å². The minimum Gasteiger partial charge on any atom is -0.320 e. The van der Waals surface area contributed by atoms with E-state index in [1.807, 2.05) is 0 Å². The highest BCUT2D eigenvalue weighted by molar-refractivity contribution is 6.73. The van der Waals surface area contributed by atoms with Gasteiger partial charge in [0.15, 0.2) is 0 Å². The maximum absolute atomic E-state index is 2.89. The van der Waals surface area contributed by atoms with Crippen LogP contribution >= 0.6 is 0 Å². The van der Waals surface area contributed by atoms with Crippen LogP contribution in [0.4, 0.5) is 0 Å². The molecule has 0 aliphatic carbocycles. The van der Waals surface area contributed by atoms with Crippen molar-refractivity contribution in [2.75, 3.05) is 0 Å². The van der Waals surface area contributed by atoms with Crippen LogP contribution in [0.5, 0.6) is 0 Å². The molecule has 0 N–H and O–H groups in total. The highest BCUT2D eigenvalue weighted by Crippen LogP contribution is 2.21. The van der Waals surface area contributed by atoms with E-state index in [0.29, 0.717) is 0 Å². The maximum Gasteiger partial charge on any atom is 0.131 e. The SMILES string of the molecule is CCC(C)N(C(C)CC)[Si](C)C[Si](C)N(C(C)CC)C(C)CC. The Bertz CT molecular complexity index is 253. The standard InChI is InChI=1S/C19H44N2Si2/c1-11-16(5)20(17(6)12-2)22(9)15-23(10)21(18(7)13-3)19(8)14-4/h16-19H,11-15H2,1-10H3. The summed E-state index contributed by atoms with van der Waals surface area (Å²) >= 11 is 0. The minimum atomic E-state index is -0.439. The molecule has 0 aromatic rings. The van der Waals surface area contributed by atoms with E-state index in [0.717, 1.165) is 24.2 Å². The van der Waals surface area contributed by atoms with Gasteiger partial charge in [0.1, 0.15) is 17.9 Å². The predicted molar refractivity (Wildman–Crippen MR) is 111 cm³/mol. The van der Waals surface area contributed by atoms with E-state index in [1.165, 1.54) is 31.4 Å². The second kappa shape index (κ2) is 11.8. The molecule has 4 unspecified atom stereocenters. The number of hydrogen-bond donors (Lipinski definition) is 0. The van der Waals surface area contributed by atoms with Crippen LogP contribution in [0, 0.1) is 0 Å². The van der Waals surface area contributed by atoms with Crippen molar-refractivity contribution >= 4 is 17.9 Å². The van der Waals surface area contributed by atoms with Gasteiger partial charge in [0.05, 0.1) is 0 Å². The molecule has 0 aliphatic rings. The average molecular weight is 357 g/mol. The van der Waals surface area contributed by atoms with Gasteiger partial charge in [-0.3, -0.25) is 0 Å². The van der Waals surface area contributed by atoms with Crippen molar-refractivity contribution in [1.82, 2.24) is 9.13 Å². The van der Waals surface area contributed by atoms with Gasteiger partial charge in [-0.2, -0.15) is 0 Å². The highest BCUT2D eigenvalue weighted by atomic mass is 28.3. The minimum absolute atomic E-state index is 0.439. The smallest absolute Gasteiger partial charge is 0.131 e. The van der Waals surface area contributed by atoms with Crippen LogP contribution in [-0.4, -0.2) is 51.2 Å². The predicted octanol–water partition coefficient (Wildman–Crippen LogP) is 5.57. The maximum atomic E-state index is 2.89. The molecule has 0 aliphatic heterocycles. The van der Waals surface area contributed by atoms with Crippen molar-refractivity contribution in [1.29, 1.82) is 0 Å². The van der Waals surface area contributed by atoms with Gasteiger partial charge < -0.3 is 9.13 Å². The van der Waals surface area contributed by atoms with Gasteiger partial charge in [-0.05, 0) is 31.4 Å². The van der Waals surface area contributed by atoms with Gasteiger partial charge in [-0.25, -0.2) is 0 Å². The highest BCUT2D eigenvalue weighted by Gasteiger charge is 2.31. The summed E-state index contributed by atoms with van der Waals surface area (Å²) in [6.45, 7) is 24.3. The van der Waals surface area contributed by atoms with E-state index in [4.69, 9.17) is 0 Å². The van der Waals surface area contributed by atoms with Gasteiger partial charge in [-0.15, -0.1) is 0 Å². The van der Waals surface area contributed by atoms with Gasteiger partial charge in [-0.1, -0.05) is 68.5 Å². The summed E-state index contributed by atoms with van der Waals surface area (Å²) in [7, 11) is -0.879. The molecule has 138 valence electrons. The molecule has 0 fully saturated rings. The average Bonchev–Trinajstić information content (AvgIpc) is 2.53. The Morgan fingerprint density at radius 2 is 0.783 bits per heavy atom. The van der Waals surface area contributed by atoms with Gasteiger partial charge in [0.25, 0.3) is 0 Å². The molecule has 4 heteroatoms. The summed E-state index contributed by atoms with van der Waals surface area (Å²) in [6.07, 6.45) is 5.11. The summed E-state index contributed by atoms with van der Waals surface area (Å²) in [4.78, 5) is 0. The Balaban J connectivity index is 5.08. The Kier molecular flexibility index (Phi) is 12.0. The normalized spacial score (nSPS) is 18.0. The lowest BCUT2D eigenvalue weighted by Crippen LogP contribution is -2.54. The molecule has 2 radical (unpaired) electrons. The first kappa shape index (κ1) is 23.4. The van der Waals surface area contributed by atoms with Crippen molar-refractivity contribution in [3.63, 3.8) is 0 Å². The van der Waals surface area contributed by atoms with E-state index < -0.39 is 17.9 Å². The summed E-state index contributed by atoms with van der Waals surface area (Å²) in [5.41, 5.74) is 1.47. The van der Waals surface area contributed by atoms with Crippen LogP contribution in [-0.2, 0) is 0 Å². The Hall–Kier alpha value is 0.354. The van der Waals surface area contributed by atoms with E-state index >= 15 is 0 Å². The first-order valence-electron chi connectivity index (χ1n) is 9.96. The molecule has 0 heterocycles. The topological polar surface area (TPSA) is 6.48 Å². The lowest BCUT2D eigenvalue weighted by atomic mass is 10.2. The molecule has 0 saturated carbocycles. The van der Waals surface area contributed by atoms with Crippen molar-refractivity contribution in [2.45, 2.75) is 124 Å². The summed E-state index contributed by atoms with van der Waals surface area (Å²) in [5.74, 6) is 0. The largest absolute Gasteiger partial charge is 0.320 e. The van der Waals surface area contributed by atoms with Crippen LogP contribution in [0.3, 0.4) is 0 Å². The zero-order valence-corrected chi connectivity index (χ0v) is 19.7. The molecular formula is C19H44N2Si2. The molecule has 23 heavy (non-hydrogen) atoms. The fourth-order valence-corrected chi connectivity index (χ4v) is 11.9. The van der Waals surface area contributed by atoms with E-state index in [1.54, 1.807) is 0 Å². The molecule has 4 atom stereocenters. The zero-order valence-electron chi connectivity index (χ0n) is 17.7. The molecule has 2 nitrogen and oxygen atoms in total. The fourth-order valence-electron chi connectivity index (χ4n) is 3.71. The lowest BCUT2D eigenvalue weighted by Gasteiger charge is -2.42. The zero-order chi connectivity index (χ0) is 18.2. The lowest BCUT2D eigenvalue weighted by molar-refractivity contribution is 0.255. The molecule has 0 spiro atoms. The first-order valence-corrected chi connectivity index (χ1v) is 14.3. The quantitative estimate of drug-likeness (QED) is 0.422. The molecule has 0 saturated heterocycles. The molecule has 0 aromatic heterocycles. The summed E-state index contributed by atoms with van der Waals surface area (Å²) < 4.78 is 5.79. The van der Waals surface area contributed by atoms with Crippen LogP contribution in [0.2, 0.25) is 18.8 Å². The number of nitrogens with zero attached hydrogens (tertiary/aromatic N) is 2. The Labute approximate surface area is 151 Å². The van der Waals surface area contributed by atoms with Crippen LogP contribution < -0.4 is 0 Å². The number of rotatable bonds is 12. The summed E-state index contributed by atoms with van der Waals surface area (Å²) in [5, 5.41) is 0. The molecule has 0 aromatic carbocycles. The van der Waals surface area contributed by atoms with Gasteiger partial charge in [0.2, 0.25) is 0 Å². The van der Waals surface area contributed by atoms with Crippen LogP contribution in [0.25, 0.3) is 0 Å². The second-order valence-electron chi connectivity index (χ2n) is 7.49. The Morgan fingerprint density at radius 1 is 0.565 bits per heavy atom. The van der Waals surface area contributed by atoms with E-state index in [2.05, 4.69) is 77.6 Å². The van der Waals surface area contributed by atoms with E-state index in [9.17, 15) is 0 Å². The van der Waals surface area contributed by atoms with Crippen molar-refractivity contribution in [3.8, 4) is 0 Å². The van der Waals surface area contributed by atoms with Crippen molar-refractivity contribution in [2.24, 2.45) is 0 Å². The third-order valence-electron chi connectivity index (χ3n) is 5.66. The first-order chi connectivity index (χ1) is 10.7. The van der Waals surface area contributed by atoms with Gasteiger partial charge in [0, 0.05) is 24.2 Å². The van der Waals surface area contributed by atoms with Crippen LogP contribution in [0.15, 0.2) is 0 Å². The fraction of sp³-hybridized carbons (Fsp3) is 1.00. The molecule has 0 amide bonds. The number of hydrogen-bond acceptors (Lipinski definition) is 2. The molecule has 0 rings (SSSR count). The second-order valence-corrected chi connectivity index (χ2v) is 12.9. The molecular weight excluding hydrogens is 312 g/mol. The van der Waals surface area contributed by atoms with E-state index in [-0.39, 0.29) is 0 Å². The van der Waals surface area contributed by atoms with Crippen molar-refractivity contribution < 1.29 is 0 Å². The Morgan fingerprint density at radius 3 is 0.957 bits per heavy atom.